The third kappa shape index (κ3) is 2.73. The number of hydrogen-bond acceptors (Lipinski definition) is 5. The number of likely N-dealkylation sites (N-methyl/N-ethyl adjacent to an activating group) is 1. The van der Waals surface area contributed by atoms with Gasteiger partial charge in [-0.3, -0.25) is 0 Å². The fraction of sp³-hybridized carbons (Fsp3) is 0.615. The Morgan fingerprint density at radius 1 is 1.50 bits per heavy atom. The molecular weight excluding hydrogens is 228 g/mol. The van der Waals surface area contributed by atoms with E-state index in [1.54, 1.807) is 0 Å². The summed E-state index contributed by atoms with van der Waals surface area (Å²) in [7, 11) is 4.08. The molecule has 0 aliphatic carbocycles. The van der Waals surface area contributed by atoms with Crippen molar-refractivity contribution in [1.82, 2.24) is 9.88 Å². The van der Waals surface area contributed by atoms with Crippen molar-refractivity contribution in [3.8, 4) is 0 Å². The Kier molecular flexibility index (Phi) is 3.73. The molecular formula is C13H22N4O. The Bertz CT molecular complexity index is 421. The third-order valence-electron chi connectivity index (χ3n) is 3.28. The lowest BCUT2D eigenvalue weighted by Crippen LogP contribution is -2.38. The molecule has 1 saturated heterocycles. The van der Waals surface area contributed by atoms with Crippen molar-refractivity contribution in [2.75, 3.05) is 37.8 Å². The molecule has 2 unspecified atom stereocenters. The number of aryl methyl sites for hydroxylation is 1. The zero-order valence-corrected chi connectivity index (χ0v) is 11.3. The molecule has 0 saturated carbocycles. The maximum absolute atomic E-state index is 9.88. The lowest BCUT2D eigenvalue weighted by Gasteiger charge is -2.28. The summed E-state index contributed by atoms with van der Waals surface area (Å²) in [4.78, 5) is 8.78. The van der Waals surface area contributed by atoms with E-state index in [-0.39, 0.29) is 12.1 Å². The molecule has 1 aromatic rings. The van der Waals surface area contributed by atoms with Crippen LogP contribution in [0, 0.1) is 6.92 Å². The molecule has 1 aromatic heterocycles. The normalized spacial score (nSPS) is 23.9. The number of aromatic nitrogens is 1. The van der Waals surface area contributed by atoms with Gasteiger partial charge in [-0.25, -0.2) is 4.98 Å². The van der Waals surface area contributed by atoms with E-state index in [2.05, 4.69) is 14.8 Å². The summed E-state index contributed by atoms with van der Waals surface area (Å²) in [6.07, 6.45) is 0.476. The molecule has 2 rings (SSSR count). The molecule has 1 fully saturated rings. The number of nitrogens with zero attached hydrogens (tertiary/aromatic N) is 3. The van der Waals surface area contributed by atoms with Crippen molar-refractivity contribution in [1.29, 1.82) is 0 Å². The maximum Gasteiger partial charge on any atom is 0.152 e. The van der Waals surface area contributed by atoms with Crippen LogP contribution >= 0.6 is 0 Å². The van der Waals surface area contributed by atoms with Gasteiger partial charge < -0.3 is 20.6 Å². The van der Waals surface area contributed by atoms with Crippen molar-refractivity contribution < 1.29 is 5.11 Å². The molecule has 5 nitrogen and oxygen atoms in total. The Morgan fingerprint density at radius 3 is 2.89 bits per heavy atom. The standard InChI is InChI=1S/C13H22N4O/c1-9-4-5-12(14)13(15-9)17-8-11(18)6-10(17)7-16(2)3/h4-5,10-11,18H,6-8,14H2,1-3H3. The summed E-state index contributed by atoms with van der Waals surface area (Å²) in [6.45, 7) is 3.46. The Hall–Kier alpha value is -1.33. The van der Waals surface area contributed by atoms with E-state index in [9.17, 15) is 5.11 Å². The molecule has 0 bridgehead atoms. The van der Waals surface area contributed by atoms with Crippen molar-refractivity contribution in [3.05, 3.63) is 17.8 Å². The number of pyridine rings is 1. The van der Waals surface area contributed by atoms with Crippen LogP contribution in [0.25, 0.3) is 0 Å². The number of β-amino-alcohol motifs (C(OH)–C–C–N with tert-alkyl or cyclic N) is 1. The SMILES string of the molecule is Cc1ccc(N)c(N2CC(O)CC2CN(C)C)n1. The molecule has 2 atom stereocenters. The first-order valence-corrected chi connectivity index (χ1v) is 6.30. The molecule has 3 N–H and O–H groups in total. The zero-order chi connectivity index (χ0) is 13.3. The molecule has 0 amide bonds. The molecule has 5 heteroatoms. The zero-order valence-electron chi connectivity index (χ0n) is 11.3. The van der Waals surface area contributed by atoms with Gasteiger partial charge in [-0.05, 0) is 39.6 Å². The minimum absolute atomic E-state index is 0.270. The second kappa shape index (κ2) is 5.12. The second-order valence-corrected chi connectivity index (χ2v) is 5.32. The van der Waals surface area contributed by atoms with Gasteiger partial charge >= 0.3 is 0 Å². The van der Waals surface area contributed by atoms with E-state index in [4.69, 9.17) is 5.73 Å². The molecule has 2 heterocycles. The van der Waals surface area contributed by atoms with Crippen LogP contribution in [-0.4, -0.2) is 54.3 Å². The molecule has 1 aliphatic heterocycles. The quantitative estimate of drug-likeness (QED) is 0.816. The van der Waals surface area contributed by atoms with Gasteiger partial charge in [0.25, 0.3) is 0 Å². The molecule has 100 valence electrons. The topological polar surface area (TPSA) is 65.6 Å². The largest absolute Gasteiger partial charge is 0.396 e. The van der Waals surface area contributed by atoms with Gasteiger partial charge in [-0.2, -0.15) is 0 Å². The van der Waals surface area contributed by atoms with Gasteiger partial charge in [0.15, 0.2) is 5.82 Å². The van der Waals surface area contributed by atoms with Gasteiger partial charge in [-0.15, -0.1) is 0 Å². The first-order chi connectivity index (χ1) is 8.47. The van der Waals surface area contributed by atoms with Crippen molar-refractivity contribution in [2.24, 2.45) is 0 Å². The van der Waals surface area contributed by atoms with Gasteiger partial charge in [0.05, 0.1) is 11.8 Å². The lowest BCUT2D eigenvalue weighted by molar-refractivity contribution is 0.191. The van der Waals surface area contributed by atoms with E-state index in [1.807, 2.05) is 33.2 Å². The number of nitrogen functional groups attached to an aromatic ring is 1. The fourth-order valence-electron chi connectivity index (χ4n) is 2.53. The number of hydrogen-bond donors (Lipinski definition) is 2. The van der Waals surface area contributed by atoms with E-state index in [1.165, 1.54) is 0 Å². The number of nitrogens with two attached hydrogens (primary N) is 1. The summed E-state index contributed by atoms with van der Waals surface area (Å²) in [6, 6.07) is 4.06. The summed E-state index contributed by atoms with van der Waals surface area (Å²) >= 11 is 0. The smallest absolute Gasteiger partial charge is 0.152 e. The minimum atomic E-state index is -0.295. The van der Waals surface area contributed by atoms with Crippen LogP contribution in [0.5, 0.6) is 0 Å². The lowest BCUT2D eigenvalue weighted by atomic mass is 10.2. The Balaban J connectivity index is 2.26. The van der Waals surface area contributed by atoms with Crippen molar-refractivity contribution in [3.63, 3.8) is 0 Å². The Morgan fingerprint density at radius 2 is 2.22 bits per heavy atom. The molecule has 0 radical (unpaired) electrons. The first kappa shape index (κ1) is 13.1. The first-order valence-electron chi connectivity index (χ1n) is 6.30. The monoisotopic (exact) mass is 250 g/mol. The highest BCUT2D eigenvalue weighted by atomic mass is 16.3. The van der Waals surface area contributed by atoms with E-state index >= 15 is 0 Å². The average Bonchev–Trinajstić information content (AvgIpc) is 2.62. The van der Waals surface area contributed by atoms with Crippen molar-refractivity contribution in [2.45, 2.75) is 25.5 Å². The van der Waals surface area contributed by atoms with Gasteiger partial charge in [-0.1, -0.05) is 0 Å². The number of aliphatic hydroxyl groups excluding tert-OH is 1. The van der Waals surface area contributed by atoms with Gasteiger partial charge in [0.2, 0.25) is 0 Å². The van der Waals surface area contributed by atoms with Gasteiger partial charge in [0, 0.05) is 24.8 Å². The predicted octanol–water partition coefficient (Wildman–Crippen LogP) is 0.473. The number of anilines is 2. The molecule has 18 heavy (non-hydrogen) atoms. The molecule has 0 spiro atoms. The average molecular weight is 250 g/mol. The minimum Gasteiger partial charge on any atom is -0.396 e. The van der Waals surface area contributed by atoms with Crippen LogP contribution in [-0.2, 0) is 0 Å². The van der Waals surface area contributed by atoms with Crippen LogP contribution < -0.4 is 10.6 Å². The summed E-state index contributed by atoms with van der Waals surface area (Å²) in [5.74, 6) is 0.804. The third-order valence-corrected chi connectivity index (χ3v) is 3.28. The molecule has 1 aliphatic rings. The second-order valence-electron chi connectivity index (χ2n) is 5.32. The van der Waals surface area contributed by atoms with Crippen LogP contribution in [0.1, 0.15) is 12.1 Å². The van der Waals surface area contributed by atoms with E-state index in [0.717, 1.165) is 24.5 Å². The molecule has 0 aromatic carbocycles. The number of aliphatic hydroxyl groups is 1. The summed E-state index contributed by atoms with van der Waals surface area (Å²) < 4.78 is 0. The van der Waals surface area contributed by atoms with Crippen LogP contribution in [0.15, 0.2) is 12.1 Å². The highest BCUT2D eigenvalue weighted by molar-refractivity contribution is 5.64. The van der Waals surface area contributed by atoms with E-state index in [0.29, 0.717) is 12.2 Å². The fourth-order valence-corrected chi connectivity index (χ4v) is 2.53. The maximum atomic E-state index is 9.88. The van der Waals surface area contributed by atoms with E-state index < -0.39 is 0 Å². The highest BCUT2D eigenvalue weighted by Gasteiger charge is 2.33. The van der Waals surface area contributed by atoms with Crippen molar-refractivity contribution >= 4 is 11.5 Å². The van der Waals surface area contributed by atoms with Crippen LogP contribution in [0.2, 0.25) is 0 Å². The van der Waals surface area contributed by atoms with Crippen LogP contribution in [0.4, 0.5) is 11.5 Å². The Labute approximate surface area is 108 Å². The summed E-state index contributed by atoms with van der Waals surface area (Å²) in [5, 5.41) is 9.88. The number of rotatable bonds is 3. The highest BCUT2D eigenvalue weighted by Crippen LogP contribution is 2.29. The van der Waals surface area contributed by atoms with Gasteiger partial charge in [0.1, 0.15) is 0 Å². The summed E-state index contributed by atoms with van der Waals surface area (Å²) in [5.41, 5.74) is 7.64. The predicted molar refractivity (Wildman–Crippen MR) is 73.7 cm³/mol. The van der Waals surface area contributed by atoms with Crippen LogP contribution in [0.3, 0.4) is 0 Å².